The van der Waals surface area contributed by atoms with Crippen molar-refractivity contribution >= 4 is 70.1 Å². The molecule has 1 amide bonds. The van der Waals surface area contributed by atoms with Gasteiger partial charge in [-0.3, -0.25) is 4.79 Å². The topological polar surface area (TPSA) is 163 Å². The first-order chi connectivity index (χ1) is 15.3. The Kier molecular flexibility index (Phi) is 5.74. The number of carbonyl (C=O) groups is 2. The number of amides is 1. The molecule has 1 atom stereocenters. The van der Waals surface area contributed by atoms with Crippen LogP contribution in [-0.4, -0.2) is 38.4 Å². The summed E-state index contributed by atoms with van der Waals surface area (Å²) in [4.78, 5) is 25.6. The molecule has 1 aliphatic heterocycles. The van der Waals surface area contributed by atoms with Crippen LogP contribution in [0.2, 0.25) is 0 Å². The van der Waals surface area contributed by atoms with Crippen molar-refractivity contribution in [2.45, 2.75) is 15.8 Å². The van der Waals surface area contributed by atoms with Crippen molar-refractivity contribution in [3.8, 4) is 5.75 Å². The lowest BCUT2D eigenvalue weighted by molar-refractivity contribution is -0.454. The summed E-state index contributed by atoms with van der Waals surface area (Å²) < 4.78 is 9.08. The van der Waals surface area contributed by atoms with Crippen LogP contribution in [0, 0.1) is 0 Å². The van der Waals surface area contributed by atoms with Gasteiger partial charge in [-0.05, 0) is 60.5 Å². The number of hydrogen-bond acceptors (Lipinski definition) is 8. The lowest BCUT2D eigenvalue weighted by Gasteiger charge is -2.07. The van der Waals surface area contributed by atoms with Gasteiger partial charge in [-0.25, -0.2) is 4.79 Å². The second kappa shape index (κ2) is 8.49. The van der Waals surface area contributed by atoms with Gasteiger partial charge < -0.3 is 20.5 Å². The number of benzene rings is 3. The molecule has 0 aliphatic carbocycles. The van der Waals surface area contributed by atoms with E-state index < -0.39 is 17.9 Å². The number of nitrogen functional groups attached to an aromatic ring is 1. The molecule has 10 nitrogen and oxygen atoms in total. The van der Waals surface area contributed by atoms with Crippen LogP contribution < -0.4 is 15.8 Å². The van der Waals surface area contributed by atoms with Crippen molar-refractivity contribution in [2.75, 3.05) is 10.7 Å². The highest BCUT2D eigenvalue weighted by Gasteiger charge is 2.47. The van der Waals surface area contributed by atoms with Crippen molar-refractivity contribution in [3.05, 3.63) is 48.5 Å². The van der Waals surface area contributed by atoms with Crippen molar-refractivity contribution in [2.24, 2.45) is 10.2 Å². The standard InChI is InChI=1S/C20H15N5O5S2/c21-15-14(31)8-9-7-10(1-6-13(9)18(15)26)22-23-16-17(20(28)29)24-25(19(16)27)11-2-4-12(32-30)5-3-11/h1-8,16,26,30-31H,21H2,(H,28,29)/p+2. The molecule has 1 heterocycles. The van der Waals surface area contributed by atoms with Crippen molar-refractivity contribution < 1.29 is 29.5 Å². The number of aliphatic carboxylic acids is 1. The molecule has 3 aromatic carbocycles. The molecule has 6 N–H and O–H groups in total. The Morgan fingerprint density at radius 3 is 2.56 bits per heavy atom. The van der Waals surface area contributed by atoms with Gasteiger partial charge in [0, 0.05) is 28.4 Å². The van der Waals surface area contributed by atoms with Gasteiger partial charge in [-0.15, -0.1) is 5.10 Å². The summed E-state index contributed by atoms with van der Waals surface area (Å²) in [5, 5.41) is 32.5. The third-order valence-corrected chi connectivity index (χ3v) is 5.71. The number of hydrazone groups is 1. The predicted molar refractivity (Wildman–Crippen MR) is 123 cm³/mol. The number of nitrogens with one attached hydrogen (secondary N) is 1. The number of anilines is 2. The number of aromatic hydroxyl groups is 1. The van der Waals surface area contributed by atoms with Gasteiger partial charge in [0.2, 0.25) is 6.04 Å². The van der Waals surface area contributed by atoms with E-state index in [-0.39, 0.29) is 17.1 Å². The van der Waals surface area contributed by atoms with E-state index in [0.717, 1.165) is 5.01 Å². The zero-order valence-electron chi connectivity index (χ0n) is 16.2. The fraction of sp³-hybridized carbons (Fsp3) is 0.0500. The minimum Gasteiger partial charge on any atom is -0.505 e. The van der Waals surface area contributed by atoms with E-state index in [0.29, 0.717) is 44.0 Å². The number of fused-ring (bicyclic) bond motifs is 1. The zero-order valence-corrected chi connectivity index (χ0v) is 18.0. The van der Waals surface area contributed by atoms with E-state index >= 15 is 0 Å². The molecule has 0 aromatic heterocycles. The molecule has 3 aromatic rings. The Morgan fingerprint density at radius 1 is 1.19 bits per heavy atom. The molecule has 0 saturated heterocycles. The SMILES string of the molecule is Nc1c([SH2+])cc2cc(N=NC3C(=O)N(c4ccc(SO)cc4)[NH+]=C3C(=O)O)ccc2c1O. The highest BCUT2D eigenvalue weighted by atomic mass is 32.2. The first-order valence-electron chi connectivity index (χ1n) is 9.10. The van der Waals surface area contributed by atoms with E-state index in [1.807, 2.05) is 0 Å². The van der Waals surface area contributed by atoms with Crippen LogP contribution >= 0.6 is 12.0 Å². The minimum atomic E-state index is -1.37. The van der Waals surface area contributed by atoms with Gasteiger partial charge in [0.05, 0.1) is 5.69 Å². The van der Waals surface area contributed by atoms with Gasteiger partial charge in [0.1, 0.15) is 11.4 Å². The fourth-order valence-corrected chi connectivity index (χ4v) is 3.71. The van der Waals surface area contributed by atoms with Crippen LogP contribution in [0.15, 0.2) is 68.6 Å². The van der Waals surface area contributed by atoms with Crippen LogP contribution in [-0.2, 0) is 22.2 Å². The maximum Gasteiger partial charge on any atom is 0.401 e. The first kappa shape index (κ1) is 21.6. The van der Waals surface area contributed by atoms with Gasteiger partial charge >= 0.3 is 17.6 Å². The fourth-order valence-electron chi connectivity index (χ4n) is 3.18. The monoisotopic (exact) mass is 471 g/mol. The van der Waals surface area contributed by atoms with Crippen LogP contribution in [0.3, 0.4) is 0 Å². The summed E-state index contributed by atoms with van der Waals surface area (Å²) >= 11 is 3.88. The Morgan fingerprint density at radius 2 is 1.91 bits per heavy atom. The Labute approximate surface area is 190 Å². The summed E-state index contributed by atoms with van der Waals surface area (Å²) in [6.45, 7) is 0. The summed E-state index contributed by atoms with van der Waals surface area (Å²) in [5.41, 5.74) is 6.40. The number of hydrazine groups is 1. The second-order valence-corrected chi connectivity index (χ2v) is 7.99. The average Bonchev–Trinajstić information content (AvgIpc) is 3.12. The summed E-state index contributed by atoms with van der Waals surface area (Å²) in [6.07, 6.45) is 0. The van der Waals surface area contributed by atoms with Crippen LogP contribution in [0.25, 0.3) is 10.8 Å². The molecule has 4 rings (SSSR count). The number of nitrogens with zero attached hydrogens (tertiary/aromatic N) is 3. The molecule has 0 saturated carbocycles. The normalized spacial score (nSPS) is 16.2. The van der Waals surface area contributed by atoms with Gasteiger partial charge in [0.15, 0.2) is 10.6 Å². The largest absolute Gasteiger partial charge is 0.505 e. The third kappa shape index (κ3) is 3.86. The summed E-state index contributed by atoms with van der Waals surface area (Å²) in [6, 6.07) is 11.4. The number of nitrogens with two attached hydrogens (primary N) is 1. The van der Waals surface area contributed by atoms with Crippen LogP contribution in [0.1, 0.15) is 0 Å². The zero-order chi connectivity index (χ0) is 23.0. The molecule has 12 heteroatoms. The molecule has 0 spiro atoms. The van der Waals surface area contributed by atoms with Crippen molar-refractivity contribution in [1.82, 2.24) is 0 Å². The maximum atomic E-state index is 12.9. The third-order valence-electron chi connectivity index (χ3n) is 4.81. The predicted octanol–water partition coefficient (Wildman–Crippen LogP) is 1.08. The summed E-state index contributed by atoms with van der Waals surface area (Å²) in [7, 11) is 0. The maximum absolute atomic E-state index is 12.9. The number of rotatable bonds is 5. The number of carboxylic acid groups (broad SMARTS) is 1. The molecule has 1 unspecified atom stereocenters. The van der Waals surface area contributed by atoms with E-state index in [4.69, 9.17) is 10.3 Å². The van der Waals surface area contributed by atoms with Crippen molar-refractivity contribution in [3.63, 3.8) is 0 Å². The van der Waals surface area contributed by atoms with Gasteiger partial charge in [-0.2, -0.15) is 10.2 Å². The molecule has 0 radical (unpaired) electrons. The van der Waals surface area contributed by atoms with E-state index in [9.17, 15) is 19.8 Å². The van der Waals surface area contributed by atoms with Crippen molar-refractivity contribution in [1.29, 1.82) is 0 Å². The lowest BCUT2D eigenvalue weighted by Crippen LogP contribution is -2.83. The Hall–Kier alpha value is -3.61. The highest BCUT2D eigenvalue weighted by molar-refractivity contribution is 7.93. The van der Waals surface area contributed by atoms with E-state index in [2.05, 4.69) is 28.0 Å². The molecule has 1 aliphatic rings. The minimum absolute atomic E-state index is 0.0751. The number of phenolic OH excluding ortho intramolecular Hbond substituents is 1. The summed E-state index contributed by atoms with van der Waals surface area (Å²) in [5.74, 6) is -2.03. The molecular formula is C20H17N5O5S2+2. The molecule has 0 fully saturated rings. The smallest absolute Gasteiger partial charge is 0.401 e. The second-order valence-electron chi connectivity index (χ2n) is 6.80. The quantitative estimate of drug-likeness (QED) is 0.122. The molecular weight excluding hydrogens is 454 g/mol. The number of azo groups is 1. The number of carbonyl (C=O) groups excluding carboxylic acids is 1. The first-order valence-corrected chi connectivity index (χ1v) is 10.4. The van der Waals surface area contributed by atoms with E-state index in [1.165, 1.54) is 0 Å². The Balaban J connectivity index is 1.65. The van der Waals surface area contributed by atoms with Gasteiger partial charge in [-0.1, -0.05) is 5.01 Å². The van der Waals surface area contributed by atoms with E-state index in [1.54, 1.807) is 48.5 Å². The molecule has 0 bridgehead atoms. The Bertz CT molecular complexity index is 1310. The van der Waals surface area contributed by atoms with Crippen LogP contribution in [0.5, 0.6) is 5.75 Å². The average molecular weight is 472 g/mol. The number of hydrogen-bond donors (Lipinski definition) is 5. The van der Waals surface area contributed by atoms with Crippen LogP contribution in [0.4, 0.5) is 17.1 Å². The molecule has 162 valence electrons. The molecule has 32 heavy (non-hydrogen) atoms. The number of carboxylic acids is 1. The number of phenols is 1. The van der Waals surface area contributed by atoms with Gasteiger partial charge in [0.25, 0.3) is 0 Å². The lowest BCUT2D eigenvalue weighted by atomic mass is 10.1. The highest BCUT2D eigenvalue weighted by Crippen LogP contribution is 2.35.